The minimum atomic E-state index is -2.14. The lowest BCUT2D eigenvalue weighted by Gasteiger charge is -2.23. The summed E-state index contributed by atoms with van der Waals surface area (Å²) in [6.45, 7) is 3.58. The first-order valence-corrected chi connectivity index (χ1v) is 6.53. The van der Waals surface area contributed by atoms with E-state index in [9.17, 15) is 14.7 Å². The quantitative estimate of drug-likeness (QED) is 0.632. The zero-order chi connectivity index (χ0) is 16.5. The van der Waals surface area contributed by atoms with Crippen molar-refractivity contribution in [1.29, 1.82) is 0 Å². The second-order valence-corrected chi connectivity index (χ2v) is 5.15. The largest absolute Gasteiger partial charge is 0.481 e. The Labute approximate surface area is 123 Å². The first-order valence-electron chi connectivity index (χ1n) is 6.53. The van der Waals surface area contributed by atoms with E-state index in [1.165, 1.54) is 0 Å². The minimum absolute atomic E-state index is 0.0609. The summed E-state index contributed by atoms with van der Waals surface area (Å²) in [5.41, 5.74) is -1.17. The van der Waals surface area contributed by atoms with Gasteiger partial charge in [0.2, 0.25) is 0 Å². The second-order valence-electron chi connectivity index (χ2n) is 5.15. The number of rotatable bonds is 6. The Morgan fingerprint density at radius 1 is 1.14 bits per heavy atom. The molecule has 0 aliphatic heterocycles. The Bertz CT molecular complexity index is 443. The van der Waals surface area contributed by atoms with Crippen LogP contribution < -0.4 is 0 Å². The average molecular weight is 298 g/mol. The van der Waals surface area contributed by atoms with Crippen LogP contribution in [0, 0.1) is 5.92 Å². The molecule has 118 valence electrons. The SMILES string of the molecule is CC(C)CC(O)(CC(=O)O)C(=O)O.OCc1ccccc1. The van der Waals surface area contributed by atoms with Gasteiger partial charge < -0.3 is 20.4 Å². The van der Waals surface area contributed by atoms with Crippen molar-refractivity contribution in [2.75, 3.05) is 0 Å². The monoisotopic (exact) mass is 298 g/mol. The van der Waals surface area contributed by atoms with E-state index in [-0.39, 0.29) is 18.9 Å². The highest BCUT2D eigenvalue weighted by atomic mass is 16.4. The van der Waals surface area contributed by atoms with Gasteiger partial charge in [-0.15, -0.1) is 0 Å². The van der Waals surface area contributed by atoms with Crippen LogP contribution in [0.25, 0.3) is 0 Å². The molecule has 4 N–H and O–H groups in total. The van der Waals surface area contributed by atoms with Crippen LogP contribution in [0.5, 0.6) is 0 Å². The topological polar surface area (TPSA) is 115 Å². The standard InChI is InChI=1S/C8H14O5.C7H8O/c1-5(2)3-8(13,7(11)12)4-6(9)10;8-6-7-4-2-1-3-5-7/h5,13H,3-4H2,1-2H3,(H,9,10)(H,11,12);1-5,8H,6H2. The third kappa shape index (κ3) is 8.06. The van der Waals surface area contributed by atoms with E-state index in [1.54, 1.807) is 13.8 Å². The van der Waals surface area contributed by atoms with Crippen molar-refractivity contribution >= 4 is 11.9 Å². The molecule has 0 spiro atoms. The van der Waals surface area contributed by atoms with Crippen LogP contribution in [0.15, 0.2) is 30.3 Å². The van der Waals surface area contributed by atoms with E-state index in [0.29, 0.717) is 0 Å². The van der Waals surface area contributed by atoms with Crippen molar-refractivity contribution in [3.8, 4) is 0 Å². The highest BCUT2D eigenvalue weighted by molar-refractivity contribution is 5.83. The molecule has 1 atom stereocenters. The lowest BCUT2D eigenvalue weighted by Crippen LogP contribution is -2.41. The van der Waals surface area contributed by atoms with Crippen molar-refractivity contribution in [3.05, 3.63) is 35.9 Å². The summed E-state index contributed by atoms with van der Waals surface area (Å²) in [6, 6.07) is 9.52. The molecule has 0 aromatic heterocycles. The molecule has 1 aromatic rings. The lowest BCUT2D eigenvalue weighted by molar-refractivity contribution is -0.167. The van der Waals surface area contributed by atoms with E-state index < -0.39 is 24.0 Å². The Balaban J connectivity index is 0.000000423. The lowest BCUT2D eigenvalue weighted by atomic mass is 9.89. The number of aliphatic hydroxyl groups is 2. The van der Waals surface area contributed by atoms with Crippen molar-refractivity contribution in [1.82, 2.24) is 0 Å². The van der Waals surface area contributed by atoms with E-state index in [2.05, 4.69) is 0 Å². The fourth-order valence-corrected chi connectivity index (χ4v) is 1.74. The number of hydrogen-bond donors (Lipinski definition) is 4. The van der Waals surface area contributed by atoms with E-state index >= 15 is 0 Å². The van der Waals surface area contributed by atoms with Gasteiger partial charge in [-0.2, -0.15) is 0 Å². The molecule has 0 fully saturated rings. The molecule has 0 bridgehead atoms. The van der Waals surface area contributed by atoms with Gasteiger partial charge in [-0.3, -0.25) is 4.79 Å². The first kappa shape index (κ1) is 19.1. The predicted octanol–water partition coefficient (Wildman–Crippen LogP) is 1.50. The van der Waals surface area contributed by atoms with Crippen LogP contribution in [-0.2, 0) is 16.2 Å². The van der Waals surface area contributed by atoms with Gasteiger partial charge in [0.1, 0.15) is 0 Å². The number of aliphatic carboxylic acids is 2. The van der Waals surface area contributed by atoms with Crippen LogP contribution in [0.2, 0.25) is 0 Å². The summed E-state index contributed by atoms with van der Waals surface area (Å²) in [4.78, 5) is 20.9. The summed E-state index contributed by atoms with van der Waals surface area (Å²) < 4.78 is 0. The average Bonchev–Trinajstić information content (AvgIpc) is 2.38. The number of benzene rings is 1. The van der Waals surface area contributed by atoms with Gasteiger partial charge in [-0.25, -0.2) is 4.79 Å². The molecular formula is C15H22O6. The van der Waals surface area contributed by atoms with Crippen molar-refractivity contribution < 1.29 is 30.0 Å². The van der Waals surface area contributed by atoms with Crippen molar-refractivity contribution in [2.45, 2.75) is 38.9 Å². The second kappa shape index (κ2) is 9.10. The molecule has 0 aliphatic carbocycles. The molecule has 1 aromatic carbocycles. The maximum absolute atomic E-state index is 10.6. The van der Waals surface area contributed by atoms with Gasteiger partial charge in [0.25, 0.3) is 0 Å². The Hall–Kier alpha value is -1.92. The van der Waals surface area contributed by atoms with Crippen molar-refractivity contribution in [2.24, 2.45) is 5.92 Å². The van der Waals surface area contributed by atoms with Gasteiger partial charge in [-0.05, 0) is 17.9 Å². The van der Waals surface area contributed by atoms with Crippen LogP contribution in [0.4, 0.5) is 0 Å². The molecule has 1 rings (SSSR count). The zero-order valence-electron chi connectivity index (χ0n) is 12.2. The zero-order valence-corrected chi connectivity index (χ0v) is 12.2. The maximum Gasteiger partial charge on any atom is 0.336 e. The molecule has 6 heteroatoms. The van der Waals surface area contributed by atoms with Gasteiger partial charge >= 0.3 is 11.9 Å². The third-order valence-electron chi connectivity index (χ3n) is 2.61. The van der Waals surface area contributed by atoms with E-state index in [0.717, 1.165) is 5.56 Å². The number of carboxylic acids is 2. The third-order valence-corrected chi connectivity index (χ3v) is 2.61. The number of aliphatic hydroxyl groups excluding tert-OH is 1. The summed E-state index contributed by atoms with van der Waals surface area (Å²) in [5.74, 6) is -2.87. The Morgan fingerprint density at radius 3 is 1.95 bits per heavy atom. The Morgan fingerprint density at radius 2 is 1.67 bits per heavy atom. The van der Waals surface area contributed by atoms with Gasteiger partial charge in [-0.1, -0.05) is 44.2 Å². The number of carboxylic acid groups (broad SMARTS) is 2. The summed E-state index contributed by atoms with van der Waals surface area (Å²) in [5, 5.41) is 35.0. The van der Waals surface area contributed by atoms with Crippen LogP contribution in [0.3, 0.4) is 0 Å². The fourth-order valence-electron chi connectivity index (χ4n) is 1.74. The first-order chi connectivity index (χ1) is 9.71. The normalized spacial score (nSPS) is 13.0. The molecule has 1 unspecified atom stereocenters. The summed E-state index contributed by atoms with van der Waals surface area (Å²) in [7, 11) is 0. The van der Waals surface area contributed by atoms with E-state index in [4.69, 9.17) is 15.3 Å². The molecule has 21 heavy (non-hydrogen) atoms. The molecule has 0 aliphatic rings. The van der Waals surface area contributed by atoms with Crippen LogP contribution >= 0.6 is 0 Å². The number of carbonyl (C=O) groups is 2. The van der Waals surface area contributed by atoms with E-state index in [1.807, 2.05) is 30.3 Å². The summed E-state index contributed by atoms with van der Waals surface area (Å²) in [6.07, 6.45) is -0.824. The molecule has 0 saturated carbocycles. The minimum Gasteiger partial charge on any atom is -0.481 e. The molecule has 0 amide bonds. The molecule has 6 nitrogen and oxygen atoms in total. The molecular weight excluding hydrogens is 276 g/mol. The van der Waals surface area contributed by atoms with Crippen molar-refractivity contribution in [3.63, 3.8) is 0 Å². The molecule has 0 saturated heterocycles. The van der Waals surface area contributed by atoms with Gasteiger partial charge in [0, 0.05) is 0 Å². The summed E-state index contributed by atoms with van der Waals surface area (Å²) >= 11 is 0. The maximum atomic E-state index is 10.6. The molecule has 0 radical (unpaired) electrons. The highest BCUT2D eigenvalue weighted by Gasteiger charge is 2.38. The highest BCUT2D eigenvalue weighted by Crippen LogP contribution is 2.21. The number of hydrogen-bond acceptors (Lipinski definition) is 4. The predicted molar refractivity (Wildman–Crippen MR) is 76.7 cm³/mol. The van der Waals surface area contributed by atoms with Gasteiger partial charge in [0.15, 0.2) is 5.60 Å². The molecule has 0 heterocycles. The smallest absolute Gasteiger partial charge is 0.336 e. The van der Waals surface area contributed by atoms with Crippen LogP contribution in [-0.4, -0.2) is 38.0 Å². The Kier molecular flexibility index (Phi) is 8.26. The fraction of sp³-hybridized carbons (Fsp3) is 0.467. The van der Waals surface area contributed by atoms with Gasteiger partial charge in [0.05, 0.1) is 13.0 Å². The van der Waals surface area contributed by atoms with Crippen LogP contribution in [0.1, 0.15) is 32.3 Å².